The number of rotatable bonds is 6. The summed E-state index contributed by atoms with van der Waals surface area (Å²) in [7, 11) is 0. The summed E-state index contributed by atoms with van der Waals surface area (Å²) in [5, 5.41) is 2.68. The Kier molecular flexibility index (Phi) is 6.78. The molecule has 0 spiro atoms. The molecule has 0 aliphatic carbocycles. The molecule has 0 radical (unpaired) electrons. The van der Waals surface area contributed by atoms with Crippen molar-refractivity contribution in [2.75, 3.05) is 13.2 Å². The molecule has 0 atom stereocenters. The molecule has 0 saturated heterocycles. The molecular weight excluding hydrogens is 312 g/mol. The highest BCUT2D eigenvalue weighted by molar-refractivity contribution is 5.76. The molecule has 1 N–H and O–H groups in total. The Morgan fingerprint density at radius 3 is 2.62 bits per heavy atom. The summed E-state index contributed by atoms with van der Waals surface area (Å²) in [4.78, 5) is 11.7. The zero-order valence-electron chi connectivity index (χ0n) is 13.0. The molecule has 0 aromatic heterocycles. The Morgan fingerprint density at radius 2 is 1.88 bits per heavy atom. The monoisotopic (exact) mass is 329 g/mol. The summed E-state index contributed by atoms with van der Waals surface area (Å²) in [5.41, 5.74) is 1.11. The Bertz CT molecular complexity index is 736. The van der Waals surface area contributed by atoms with Crippen molar-refractivity contribution in [2.24, 2.45) is 0 Å². The maximum atomic E-state index is 13.3. The van der Waals surface area contributed by atoms with E-state index in [0.717, 1.165) is 17.7 Å². The van der Waals surface area contributed by atoms with Gasteiger partial charge in [-0.2, -0.15) is 0 Å². The number of carbonyl (C=O) groups is 1. The van der Waals surface area contributed by atoms with Crippen LogP contribution in [0.25, 0.3) is 0 Å². The van der Waals surface area contributed by atoms with Gasteiger partial charge in [0.05, 0.1) is 6.54 Å². The standard InChI is InChI=1S/C19H17F2NO2/c20-16-9-10-18(17(21)14-16)24-13-5-4-12-22-19(23)11-8-15-6-2-1-3-7-15/h1-3,6-7,9-10,14H,8,11-13H2,(H,22,23). The maximum absolute atomic E-state index is 13.3. The Hall–Kier alpha value is -2.87. The molecule has 0 bridgehead atoms. The van der Waals surface area contributed by atoms with E-state index in [0.29, 0.717) is 12.8 Å². The van der Waals surface area contributed by atoms with Crippen LogP contribution in [0.1, 0.15) is 12.0 Å². The van der Waals surface area contributed by atoms with Gasteiger partial charge in [-0.25, -0.2) is 8.78 Å². The van der Waals surface area contributed by atoms with Crippen LogP contribution in [0.5, 0.6) is 5.75 Å². The summed E-state index contributed by atoms with van der Waals surface area (Å²) in [6.07, 6.45) is 1.07. The van der Waals surface area contributed by atoms with Gasteiger partial charge in [0.1, 0.15) is 12.4 Å². The summed E-state index contributed by atoms with van der Waals surface area (Å²) in [5.74, 6) is 3.79. The van der Waals surface area contributed by atoms with Crippen molar-refractivity contribution in [1.82, 2.24) is 5.32 Å². The second-order valence-electron chi connectivity index (χ2n) is 4.98. The normalized spacial score (nSPS) is 9.75. The molecule has 0 saturated carbocycles. The largest absolute Gasteiger partial charge is 0.478 e. The average Bonchev–Trinajstić information content (AvgIpc) is 2.58. The van der Waals surface area contributed by atoms with Crippen LogP contribution in [0, 0.1) is 23.5 Å². The molecular formula is C19H17F2NO2. The van der Waals surface area contributed by atoms with E-state index in [4.69, 9.17) is 4.74 Å². The molecule has 124 valence electrons. The number of hydrogen-bond acceptors (Lipinski definition) is 2. The molecule has 0 aliphatic heterocycles. The van der Waals surface area contributed by atoms with Gasteiger partial charge in [0.2, 0.25) is 5.91 Å². The van der Waals surface area contributed by atoms with E-state index in [-0.39, 0.29) is 24.8 Å². The Labute approximate surface area is 139 Å². The van der Waals surface area contributed by atoms with Gasteiger partial charge in [-0.15, -0.1) is 0 Å². The second-order valence-corrected chi connectivity index (χ2v) is 4.98. The SMILES string of the molecule is O=C(CCc1ccccc1)NCC#CCOc1ccc(F)cc1F. The number of nitrogens with one attached hydrogen (secondary N) is 1. The molecule has 5 heteroatoms. The highest BCUT2D eigenvalue weighted by Crippen LogP contribution is 2.17. The predicted molar refractivity (Wildman–Crippen MR) is 87.4 cm³/mol. The van der Waals surface area contributed by atoms with E-state index in [1.165, 1.54) is 6.07 Å². The summed E-state index contributed by atoms with van der Waals surface area (Å²) in [6.45, 7) is 0.158. The molecule has 0 aliphatic rings. The van der Waals surface area contributed by atoms with Crippen LogP contribution in [0.3, 0.4) is 0 Å². The fourth-order valence-corrected chi connectivity index (χ4v) is 1.95. The van der Waals surface area contributed by atoms with Gasteiger partial charge >= 0.3 is 0 Å². The van der Waals surface area contributed by atoms with Crippen LogP contribution in [-0.4, -0.2) is 19.1 Å². The summed E-state index contributed by atoms with van der Waals surface area (Å²) >= 11 is 0. The molecule has 1 amide bonds. The van der Waals surface area contributed by atoms with Crippen LogP contribution >= 0.6 is 0 Å². The molecule has 2 rings (SSSR count). The van der Waals surface area contributed by atoms with Crippen molar-refractivity contribution in [1.29, 1.82) is 0 Å². The number of aryl methyl sites for hydroxylation is 1. The van der Waals surface area contributed by atoms with Crippen LogP contribution in [0.4, 0.5) is 8.78 Å². The van der Waals surface area contributed by atoms with Crippen molar-refractivity contribution >= 4 is 5.91 Å². The highest BCUT2D eigenvalue weighted by atomic mass is 19.1. The van der Waals surface area contributed by atoms with Gasteiger partial charge in [0.25, 0.3) is 0 Å². The maximum Gasteiger partial charge on any atom is 0.221 e. The first kappa shape index (κ1) is 17.5. The van der Waals surface area contributed by atoms with E-state index >= 15 is 0 Å². The van der Waals surface area contributed by atoms with Gasteiger partial charge in [0, 0.05) is 12.5 Å². The lowest BCUT2D eigenvalue weighted by Gasteiger charge is -2.03. The minimum absolute atomic E-state index is 0.0392. The highest BCUT2D eigenvalue weighted by Gasteiger charge is 2.03. The van der Waals surface area contributed by atoms with E-state index in [9.17, 15) is 13.6 Å². The molecule has 2 aromatic carbocycles. The number of benzene rings is 2. The summed E-state index contributed by atoms with van der Waals surface area (Å²) in [6, 6.07) is 12.8. The van der Waals surface area contributed by atoms with Crippen LogP contribution in [0.2, 0.25) is 0 Å². The van der Waals surface area contributed by atoms with Gasteiger partial charge in [-0.3, -0.25) is 4.79 Å². The van der Waals surface area contributed by atoms with Gasteiger partial charge < -0.3 is 10.1 Å². The lowest BCUT2D eigenvalue weighted by molar-refractivity contribution is -0.120. The zero-order chi connectivity index (χ0) is 17.2. The average molecular weight is 329 g/mol. The lowest BCUT2D eigenvalue weighted by atomic mass is 10.1. The third-order valence-corrected chi connectivity index (χ3v) is 3.18. The van der Waals surface area contributed by atoms with E-state index in [2.05, 4.69) is 17.2 Å². The quantitative estimate of drug-likeness (QED) is 0.827. The molecule has 0 fully saturated rings. The first-order chi connectivity index (χ1) is 11.6. The Morgan fingerprint density at radius 1 is 1.08 bits per heavy atom. The fourth-order valence-electron chi connectivity index (χ4n) is 1.95. The number of amides is 1. The predicted octanol–water partition coefficient (Wildman–Crippen LogP) is 3.10. The number of ether oxygens (including phenoxy) is 1. The minimum Gasteiger partial charge on any atom is -0.478 e. The van der Waals surface area contributed by atoms with Crippen molar-refractivity contribution in [3.05, 3.63) is 65.7 Å². The molecule has 3 nitrogen and oxygen atoms in total. The molecule has 0 unspecified atom stereocenters. The Balaban J connectivity index is 1.63. The van der Waals surface area contributed by atoms with E-state index in [1.807, 2.05) is 30.3 Å². The van der Waals surface area contributed by atoms with Crippen LogP contribution in [0.15, 0.2) is 48.5 Å². The van der Waals surface area contributed by atoms with Crippen molar-refractivity contribution in [3.8, 4) is 17.6 Å². The minimum atomic E-state index is -0.772. The fraction of sp³-hybridized carbons (Fsp3) is 0.211. The zero-order valence-corrected chi connectivity index (χ0v) is 13.0. The number of carbonyl (C=O) groups excluding carboxylic acids is 1. The van der Waals surface area contributed by atoms with Crippen molar-refractivity contribution in [3.63, 3.8) is 0 Å². The smallest absolute Gasteiger partial charge is 0.221 e. The topological polar surface area (TPSA) is 38.3 Å². The van der Waals surface area contributed by atoms with Crippen molar-refractivity contribution < 1.29 is 18.3 Å². The third-order valence-electron chi connectivity index (χ3n) is 3.18. The van der Waals surface area contributed by atoms with Crippen LogP contribution in [-0.2, 0) is 11.2 Å². The molecule has 2 aromatic rings. The van der Waals surface area contributed by atoms with Crippen molar-refractivity contribution in [2.45, 2.75) is 12.8 Å². The van der Waals surface area contributed by atoms with Crippen LogP contribution < -0.4 is 10.1 Å². The van der Waals surface area contributed by atoms with Gasteiger partial charge in [-0.1, -0.05) is 42.2 Å². The first-order valence-corrected chi connectivity index (χ1v) is 7.49. The van der Waals surface area contributed by atoms with E-state index < -0.39 is 11.6 Å². The lowest BCUT2D eigenvalue weighted by Crippen LogP contribution is -2.23. The van der Waals surface area contributed by atoms with E-state index in [1.54, 1.807) is 0 Å². The molecule has 24 heavy (non-hydrogen) atoms. The number of hydrogen-bond donors (Lipinski definition) is 1. The molecule has 0 heterocycles. The third kappa shape index (κ3) is 6.09. The van der Waals surface area contributed by atoms with Gasteiger partial charge in [-0.05, 0) is 24.1 Å². The second kappa shape index (κ2) is 9.31. The first-order valence-electron chi connectivity index (χ1n) is 7.49. The van der Waals surface area contributed by atoms with Gasteiger partial charge in [0.15, 0.2) is 11.6 Å². The number of halogens is 2. The summed E-state index contributed by atoms with van der Waals surface area (Å²) < 4.78 is 31.1.